The third-order valence-electron chi connectivity index (χ3n) is 3.74. The molecule has 3 aromatic rings. The number of nitrogens with zero attached hydrogens (tertiary/aromatic N) is 3. The molecule has 0 amide bonds. The topological polar surface area (TPSA) is 75.4 Å². The highest BCUT2D eigenvalue weighted by molar-refractivity contribution is 9.10. The van der Waals surface area contributed by atoms with Crippen LogP contribution in [0.3, 0.4) is 0 Å². The number of hydrogen-bond donors (Lipinski definition) is 0. The van der Waals surface area contributed by atoms with Crippen LogP contribution in [0.2, 0.25) is 0 Å². The second kappa shape index (κ2) is 9.40. The summed E-state index contributed by atoms with van der Waals surface area (Å²) in [6.07, 6.45) is 0. The van der Waals surface area contributed by atoms with Crippen molar-refractivity contribution in [2.45, 2.75) is 26.7 Å². The molecule has 3 rings (SSSR count). The van der Waals surface area contributed by atoms with Crippen LogP contribution in [0, 0.1) is 0 Å². The third kappa shape index (κ3) is 5.22. The van der Waals surface area contributed by atoms with Crippen molar-refractivity contribution in [2.75, 3.05) is 0 Å². The number of aromatic nitrogens is 3. The first-order chi connectivity index (χ1) is 13.1. The molecule has 0 aliphatic carbocycles. The Morgan fingerprint density at radius 3 is 1.89 bits per heavy atom. The number of benzene rings is 2. The fourth-order valence-electron chi connectivity index (χ4n) is 2.38. The Morgan fingerprint density at radius 2 is 1.33 bits per heavy atom. The zero-order chi connectivity index (χ0) is 19.1. The number of rotatable bonds is 8. The maximum Gasteiger partial charge on any atom is 0.351 e. The first-order valence-electron chi connectivity index (χ1n) is 8.26. The van der Waals surface area contributed by atoms with E-state index in [4.69, 9.17) is 9.47 Å². The van der Waals surface area contributed by atoms with Crippen LogP contribution in [0.5, 0.6) is 0 Å². The van der Waals surface area contributed by atoms with Crippen LogP contribution in [-0.2, 0) is 36.1 Å². The standard InChI is InChI=1S/C19H18BrN3O4/c20-17-18(24)22(13-26-11-15-7-3-1-4-8-15)19(25)23(21-17)14-27-12-16-9-5-2-6-10-16/h1-10H,11-14H2. The first kappa shape index (κ1) is 19.2. The van der Waals surface area contributed by atoms with Crippen molar-refractivity contribution >= 4 is 15.9 Å². The van der Waals surface area contributed by atoms with Crippen LogP contribution in [-0.4, -0.2) is 14.3 Å². The van der Waals surface area contributed by atoms with E-state index in [-0.39, 0.29) is 24.7 Å². The molecule has 8 heteroatoms. The summed E-state index contributed by atoms with van der Waals surface area (Å²) in [7, 11) is 0. The molecule has 2 aromatic carbocycles. The lowest BCUT2D eigenvalue weighted by molar-refractivity contribution is 0.0366. The van der Waals surface area contributed by atoms with E-state index in [0.29, 0.717) is 6.61 Å². The van der Waals surface area contributed by atoms with Gasteiger partial charge in [0.05, 0.1) is 13.2 Å². The molecule has 27 heavy (non-hydrogen) atoms. The van der Waals surface area contributed by atoms with Gasteiger partial charge in [0.25, 0.3) is 5.56 Å². The summed E-state index contributed by atoms with van der Waals surface area (Å²) in [5.74, 6) is 0. The van der Waals surface area contributed by atoms with E-state index >= 15 is 0 Å². The Labute approximate surface area is 163 Å². The molecule has 140 valence electrons. The molecule has 0 N–H and O–H groups in total. The summed E-state index contributed by atoms with van der Waals surface area (Å²) >= 11 is 3.09. The number of ether oxygens (including phenoxy) is 2. The molecule has 0 fully saturated rings. The van der Waals surface area contributed by atoms with Crippen molar-refractivity contribution in [1.29, 1.82) is 0 Å². The Hall–Kier alpha value is -2.55. The van der Waals surface area contributed by atoms with Gasteiger partial charge in [-0.05, 0) is 27.1 Å². The predicted molar refractivity (Wildman–Crippen MR) is 103 cm³/mol. The summed E-state index contributed by atoms with van der Waals surface area (Å²) in [5, 5.41) is 3.94. The second-order valence-corrected chi connectivity index (χ2v) is 6.48. The normalized spacial score (nSPS) is 10.9. The van der Waals surface area contributed by atoms with E-state index in [0.717, 1.165) is 20.4 Å². The lowest BCUT2D eigenvalue weighted by atomic mass is 10.2. The Balaban J connectivity index is 1.67. The van der Waals surface area contributed by atoms with Crippen molar-refractivity contribution in [2.24, 2.45) is 0 Å². The van der Waals surface area contributed by atoms with Gasteiger partial charge in [0.1, 0.15) is 13.5 Å². The number of hydrogen-bond acceptors (Lipinski definition) is 5. The first-order valence-corrected chi connectivity index (χ1v) is 9.05. The van der Waals surface area contributed by atoms with Crippen molar-refractivity contribution in [3.05, 3.63) is 97.2 Å². The molecule has 0 radical (unpaired) electrons. The molecule has 1 heterocycles. The predicted octanol–water partition coefficient (Wildman–Crippen LogP) is 2.52. The monoisotopic (exact) mass is 431 g/mol. The minimum atomic E-state index is -0.593. The molecule has 0 atom stereocenters. The molecule has 0 saturated carbocycles. The van der Waals surface area contributed by atoms with Crippen LogP contribution >= 0.6 is 15.9 Å². The van der Waals surface area contributed by atoms with Gasteiger partial charge in [-0.1, -0.05) is 60.7 Å². The van der Waals surface area contributed by atoms with Gasteiger partial charge < -0.3 is 9.47 Å². The highest BCUT2D eigenvalue weighted by Gasteiger charge is 2.11. The molecular formula is C19H18BrN3O4. The smallest absolute Gasteiger partial charge is 0.351 e. The van der Waals surface area contributed by atoms with Gasteiger partial charge in [-0.15, -0.1) is 0 Å². The molecule has 7 nitrogen and oxygen atoms in total. The van der Waals surface area contributed by atoms with E-state index in [2.05, 4.69) is 21.0 Å². The molecular weight excluding hydrogens is 414 g/mol. The quantitative estimate of drug-likeness (QED) is 0.547. The molecule has 0 aliphatic rings. The summed E-state index contributed by atoms with van der Waals surface area (Å²) in [6.45, 7) is 0.366. The van der Waals surface area contributed by atoms with Gasteiger partial charge in [-0.25, -0.2) is 9.36 Å². The Bertz CT molecular complexity index is 987. The summed E-state index contributed by atoms with van der Waals surface area (Å²) in [4.78, 5) is 24.7. The fourth-order valence-corrected chi connectivity index (χ4v) is 2.79. The van der Waals surface area contributed by atoms with E-state index in [9.17, 15) is 9.59 Å². The van der Waals surface area contributed by atoms with Crippen LogP contribution in [0.1, 0.15) is 11.1 Å². The minimum Gasteiger partial charge on any atom is -0.356 e. The fraction of sp³-hybridized carbons (Fsp3) is 0.211. The Kier molecular flexibility index (Phi) is 6.69. The molecule has 0 spiro atoms. The maximum atomic E-state index is 12.5. The second-order valence-electron chi connectivity index (χ2n) is 5.73. The van der Waals surface area contributed by atoms with Gasteiger partial charge in [-0.3, -0.25) is 4.79 Å². The third-order valence-corrected chi connectivity index (χ3v) is 4.24. The van der Waals surface area contributed by atoms with E-state index in [1.807, 2.05) is 60.7 Å². The summed E-state index contributed by atoms with van der Waals surface area (Å²) in [6, 6.07) is 19.1. The SMILES string of the molecule is O=c1c(Br)nn(COCc2ccccc2)c(=O)n1COCc1ccccc1. The van der Waals surface area contributed by atoms with Crippen LogP contribution in [0.4, 0.5) is 0 Å². The molecule has 1 aromatic heterocycles. The van der Waals surface area contributed by atoms with Gasteiger partial charge in [0.2, 0.25) is 0 Å². The Morgan fingerprint density at radius 1 is 0.815 bits per heavy atom. The maximum absolute atomic E-state index is 12.5. The highest BCUT2D eigenvalue weighted by Crippen LogP contribution is 2.02. The summed E-state index contributed by atoms with van der Waals surface area (Å²) < 4.78 is 13.1. The van der Waals surface area contributed by atoms with Gasteiger partial charge in [0, 0.05) is 0 Å². The lowest BCUT2D eigenvalue weighted by Crippen LogP contribution is -2.42. The van der Waals surface area contributed by atoms with Crippen LogP contribution < -0.4 is 11.2 Å². The van der Waals surface area contributed by atoms with Crippen molar-refractivity contribution in [3.8, 4) is 0 Å². The zero-order valence-electron chi connectivity index (χ0n) is 14.5. The molecule has 0 unspecified atom stereocenters. The minimum absolute atomic E-state index is 0.0220. The van der Waals surface area contributed by atoms with Gasteiger partial charge in [-0.2, -0.15) is 9.78 Å². The van der Waals surface area contributed by atoms with Gasteiger partial charge in [0.15, 0.2) is 4.60 Å². The zero-order valence-corrected chi connectivity index (χ0v) is 16.0. The van der Waals surface area contributed by atoms with Crippen molar-refractivity contribution in [1.82, 2.24) is 14.3 Å². The van der Waals surface area contributed by atoms with Crippen molar-refractivity contribution < 1.29 is 9.47 Å². The van der Waals surface area contributed by atoms with E-state index in [1.54, 1.807) is 0 Å². The highest BCUT2D eigenvalue weighted by atomic mass is 79.9. The molecule has 0 aliphatic heterocycles. The summed E-state index contributed by atoms with van der Waals surface area (Å²) in [5.41, 5.74) is 0.783. The number of halogens is 1. The largest absolute Gasteiger partial charge is 0.356 e. The molecule has 0 bridgehead atoms. The lowest BCUT2D eigenvalue weighted by Gasteiger charge is -2.11. The molecule has 0 saturated heterocycles. The van der Waals surface area contributed by atoms with Crippen LogP contribution in [0.25, 0.3) is 0 Å². The van der Waals surface area contributed by atoms with E-state index in [1.165, 1.54) is 0 Å². The average Bonchev–Trinajstić information content (AvgIpc) is 2.70. The van der Waals surface area contributed by atoms with Crippen LogP contribution in [0.15, 0.2) is 74.9 Å². The average molecular weight is 432 g/mol. The van der Waals surface area contributed by atoms with Crippen molar-refractivity contribution in [3.63, 3.8) is 0 Å². The van der Waals surface area contributed by atoms with Gasteiger partial charge >= 0.3 is 5.69 Å². The van der Waals surface area contributed by atoms with E-state index < -0.39 is 11.2 Å².